The highest BCUT2D eigenvalue weighted by Crippen LogP contribution is 2.25. The molecular formula is C15H18N2O3S2. The smallest absolute Gasteiger partial charge is 0.250 e. The predicted molar refractivity (Wildman–Crippen MR) is 85.5 cm³/mol. The quantitative estimate of drug-likeness (QED) is 0.879. The van der Waals surface area contributed by atoms with E-state index in [0.717, 1.165) is 18.4 Å². The molecule has 1 fully saturated rings. The number of ether oxygens (including phenoxy) is 1. The maximum absolute atomic E-state index is 12.2. The minimum atomic E-state index is -3.47. The third kappa shape index (κ3) is 3.66. The van der Waals surface area contributed by atoms with Crippen LogP contribution in [0.5, 0.6) is 5.88 Å². The number of rotatable bonds is 6. The number of thiophene rings is 1. The molecule has 0 atom stereocenters. The van der Waals surface area contributed by atoms with Gasteiger partial charge in [-0.2, -0.15) is 0 Å². The average molecular weight is 338 g/mol. The highest BCUT2D eigenvalue weighted by molar-refractivity contribution is 7.91. The fraction of sp³-hybridized carbons (Fsp3) is 0.400. The van der Waals surface area contributed by atoms with Crippen molar-refractivity contribution < 1.29 is 13.2 Å². The Balaban J connectivity index is 1.70. The summed E-state index contributed by atoms with van der Waals surface area (Å²) in [6, 6.07) is 6.94. The van der Waals surface area contributed by atoms with E-state index in [2.05, 4.69) is 9.71 Å². The zero-order chi connectivity index (χ0) is 15.4. The molecule has 7 heteroatoms. The van der Waals surface area contributed by atoms with Gasteiger partial charge in [-0.05, 0) is 43.2 Å². The molecular weight excluding hydrogens is 320 g/mol. The fourth-order valence-corrected chi connectivity index (χ4v) is 4.53. The molecule has 1 aliphatic rings. The topological polar surface area (TPSA) is 68.3 Å². The Morgan fingerprint density at radius 3 is 2.82 bits per heavy atom. The summed E-state index contributed by atoms with van der Waals surface area (Å²) >= 11 is 1.20. The number of nitrogens with zero attached hydrogens (tertiary/aromatic N) is 1. The van der Waals surface area contributed by atoms with Crippen molar-refractivity contribution in [2.24, 2.45) is 0 Å². The van der Waals surface area contributed by atoms with E-state index in [-0.39, 0.29) is 12.6 Å². The number of aromatic nitrogens is 1. The number of pyridine rings is 1. The molecule has 5 nitrogen and oxygen atoms in total. The molecule has 0 bridgehead atoms. The lowest BCUT2D eigenvalue weighted by Gasteiger charge is -2.15. The van der Waals surface area contributed by atoms with E-state index in [1.165, 1.54) is 24.2 Å². The maximum Gasteiger partial charge on any atom is 0.250 e. The Hall–Kier alpha value is -1.44. The van der Waals surface area contributed by atoms with Crippen LogP contribution in [-0.4, -0.2) is 19.5 Å². The summed E-state index contributed by atoms with van der Waals surface area (Å²) < 4.78 is 33.2. The maximum atomic E-state index is 12.2. The summed E-state index contributed by atoms with van der Waals surface area (Å²) in [5.41, 5.74) is 0.759. The molecule has 1 saturated carbocycles. The van der Waals surface area contributed by atoms with Crippen LogP contribution in [0, 0.1) is 0 Å². The first-order valence-corrected chi connectivity index (χ1v) is 9.65. The van der Waals surface area contributed by atoms with Crippen molar-refractivity contribution in [2.45, 2.75) is 42.5 Å². The van der Waals surface area contributed by atoms with Crippen molar-refractivity contribution in [1.29, 1.82) is 0 Å². The summed E-state index contributed by atoms with van der Waals surface area (Å²) in [7, 11) is -3.47. The number of nitrogens with one attached hydrogen (secondary N) is 1. The summed E-state index contributed by atoms with van der Waals surface area (Å²) in [5.74, 6) is 0.531. The van der Waals surface area contributed by atoms with E-state index in [1.807, 2.05) is 6.07 Å². The van der Waals surface area contributed by atoms with Crippen molar-refractivity contribution in [1.82, 2.24) is 9.71 Å². The molecule has 0 amide bonds. The number of hydrogen-bond acceptors (Lipinski definition) is 5. The Morgan fingerprint density at radius 2 is 2.09 bits per heavy atom. The lowest BCUT2D eigenvalue weighted by molar-refractivity contribution is 0.199. The largest absolute Gasteiger partial charge is 0.474 e. The van der Waals surface area contributed by atoms with Crippen LogP contribution in [0.1, 0.15) is 31.2 Å². The van der Waals surface area contributed by atoms with E-state index in [1.54, 1.807) is 29.8 Å². The molecule has 1 aliphatic carbocycles. The van der Waals surface area contributed by atoms with Crippen LogP contribution in [0.2, 0.25) is 0 Å². The standard InChI is InChI=1S/C15H18N2O3S2/c18-22(19,14-8-4-10-21-14)17-11-12-5-3-9-16-15(12)20-13-6-1-2-7-13/h3-5,8-10,13,17H,1-2,6-7,11H2. The molecule has 3 rings (SSSR count). The predicted octanol–water partition coefficient (Wildman–Crippen LogP) is 2.94. The van der Waals surface area contributed by atoms with E-state index in [9.17, 15) is 8.42 Å². The molecule has 22 heavy (non-hydrogen) atoms. The Labute approximate surface area is 134 Å². The van der Waals surface area contributed by atoms with Crippen molar-refractivity contribution in [2.75, 3.05) is 0 Å². The van der Waals surface area contributed by atoms with Gasteiger partial charge in [0, 0.05) is 18.3 Å². The zero-order valence-electron chi connectivity index (χ0n) is 12.1. The fourth-order valence-electron chi connectivity index (χ4n) is 2.49. The van der Waals surface area contributed by atoms with Gasteiger partial charge in [0.2, 0.25) is 15.9 Å². The van der Waals surface area contributed by atoms with Crippen LogP contribution in [-0.2, 0) is 16.6 Å². The van der Waals surface area contributed by atoms with Crippen LogP contribution < -0.4 is 9.46 Å². The van der Waals surface area contributed by atoms with Crippen molar-refractivity contribution in [3.8, 4) is 5.88 Å². The van der Waals surface area contributed by atoms with Crippen LogP contribution in [0.4, 0.5) is 0 Å². The second-order valence-electron chi connectivity index (χ2n) is 5.25. The van der Waals surface area contributed by atoms with Crippen LogP contribution in [0.3, 0.4) is 0 Å². The van der Waals surface area contributed by atoms with Gasteiger partial charge in [-0.3, -0.25) is 0 Å². The summed E-state index contributed by atoms with van der Waals surface area (Å²) in [5, 5.41) is 1.74. The van der Waals surface area contributed by atoms with E-state index in [4.69, 9.17) is 4.74 Å². The second-order valence-corrected chi connectivity index (χ2v) is 8.19. The van der Waals surface area contributed by atoms with Crippen LogP contribution >= 0.6 is 11.3 Å². The molecule has 2 heterocycles. The lowest BCUT2D eigenvalue weighted by atomic mass is 10.2. The minimum Gasteiger partial charge on any atom is -0.474 e. The molecule has 0 aliphatic heterocycles. The van der Waals surface area contributed by atoms with Gasteiger partial charge in [-0.15, -0.1) is 11.3 Å². The molecule has 0 unspecified atom stereocenters. The molecule has 0 aromatic carbocycles. The molecule has 2 aromatic rings. The Kier molecular flexibility index (Phi) is 4.75. The minimum absolute atomic E-state index is 0.177. The summed E-state index contributed by atoms with van der Waals surface area (Å²) in [4.78, 5) is 4.25. The molecule has 0 radical (unpaired) electrons. The Bertz CT molecular complexity index is 708. The highest BCUT2D eigenvalue weighted by Gasteiger charge is 2.20. The molecule has 2 aromatic heterocycles. The normalized spacial score (nSPS) is 16.0. The molecule has 0 saturated heterocycles. The van der Waals surface area contributed by atoms with E-state index >= 15 is 0 Å². The van der Waals surface area contributed by atoms with Crippen molar-refractivity contribution in [3.05, 3.63) is 41.4 Å². The highest BCUT2D eigenvalue weighted by atomic mass is 32.2. The van der Waals surface area contributed by atoms with Gasteiger partial charge in [-0.1, -0.05) is 12.1 Å². The van der Waals surface area contributed by atoms with Gasteiger partial charge in [0.15, 0.2) is 0 Å². The average Bonchev–Trinajstić information content (AvgIpc) is 3.20. The van der Waals surface area contributed by atoms with Gasteiger partial charge in [0.1, 0.15) is 10.3 Å². The monoisotopic (exact) mass is 338 g/mol. The van der Waals surface area contributed by atoms with Crippen molar-refractivity contribution >= 4 is 21.4 Å². The van der Waals surface area contributed by atoms with Gasteiger partial charge in [-0.25, -0.2) is 18.1 Å². The third-order valence-corrected chi connectivity index (χ3v) is 6.44. The summed E-state index contributed by atoms with van der Waals surface area (Å²) in [6.45, 7) is 0.177. The molecule has 118 valence electrons. The van der Waals surface area contributed by atoms with E-state index in [0.29, 0.717) is 10.1 Å². The lowest BCUT2D eigenvalue weighted by Crippen LogP contribution is -2.23. The first-order chi connectivity index (χ1) is 10.6. The van der Waals surface area contributed by atoms with Gasteiger partial charge in [0.25, 0.3) is 0 Å². The summed E-state index contributed by atoms with van der Waals surface area (Å²) in [6.07, 6.45) is 6.30. The molecule has 1 N–H and O–H groups in total. The van der Waals surface area contributed by atoms with Crippen LogP contribution in [0.15, 0.2) is 40.1 Å². The van der Waals surface area contributed by atoms with Gasteiger partial charge >= 0.3 is 0 Å². The first kappa shape index (κ1) is 15.5. The SMILES string of the molecule is O=S(=O)(NCc1cccnc1OC1CCCC1)c1cccs1. The van der Waals surface area contributed by atoms with E-state index < -0.39 is 10.0 Å². The number of sulfonamides is 1. The zero-order valence-corrected chi connectivity index (χ0v) is 13.7. The van der Waals surface area contributed by atoms with Gasteiger partial charge < -0.3 is 4.74 Å². The second kappa shape index (κ2) is 6.76. The van der Waals surface area contributed by atoms with Crippen molar-refractivity contribution in [3.63, 3.8) is 0 Å². The first-order valence-electron chi connectivity index (χ1n) is 7.29. The molecule has 0 spiro atoms. The Morgan fingerprint density at radius 1 is 1.27 bits per heavy atom. The van der Waals surface area contributed by atoms with Crippen LogP contribution in [0.25, 0.3) is 0 Å². The number of hydrogen-bond donors (Lipinski definition) is 1. The third-order valence-electron chi connectivity index (χ3n) is 3.64. The van der Waals surface area contributed by atoms with Gasteiger partial charge in [0.05, 0.1) is 0 Å².